The maximum absolute atomic E-state index is 4.72. The van der Waals surface area contributed by atoms with Crippen molar-refractivity contribution < 1.29 is 0 Å². The molecule has 0 amide bonds. The fourth-order valence-electron chi connectivity index (χ4n) is 2.30. The van der Waals surface area contributed by atoms with Crippen molar-refractivity contribution in [1.29, 1.82) is 0 Å². The molecule has 0 atom stereocenters. The highest BCUT2D eigenvalue weighted by molar-refractivity contribution is 7.09. The number of likely N-dealkylation sites (tertiary alicyclic amines) is 1. The summed E-state index contributed by atoms with van der Waals surface area (Å²) in [6, 6.07) is 0.528. The van der Waals surface area contributed by atoms with Crippen molar-refractivity contribution in [1.82, 2.24) is 15.2 Å². The second-order valence-corrected chi connectivity index (χ2v) is 6.40. The highest BCUT2D eigenvalue weighted by Crippen LogP contribution is 2.16. The minimum atomic E-state index is 0.528. The van der Waals surface area contributed by atoms with Crippen LogP contribution in [0.1, 0.15) is 50.2 Å². The Bertz CT molecular complexity index is 341. The Kier molecular flexibility index (Phi) is 5.60. The van der Waals surface area contributed by atoms with Crippen molar-refractivity contribution in [3.05, 3.63) is 16.1 Å². The molecule has 0 aliphatic carbocycles. The smallest absolute Gasteiger partial charge is 0.107 e. The lowest BCUT2D eigenvalue weighted by Gasteiger charge is -2.17. The van der Waals surface area contributed by atoms with Gasteiger partial charge in [-0.3, -0.25) is 4.90 Å². The van der Waals surface area contributed by atoms with Gasteiger partial charge in [0.2, 0.25) is 0 Å². The van der Waals surface area contributed by atoms with Crippen LogP contribution in [0.3, 0.4) is 0 Å². The van der Waals surface area contributed by atoms with Crippen molar-refractivity contribution in [2.75, 3.05) is 13.1 Å². The molecular formula is C14H25N3S. The van der Waals surface area contributed by atoms with Gasteiger partial charge in [-0.15, -0.1) is 11.3 Å². The van der Waals surface area contributed by atoms with Gasteiger partial charge in [0.05, 0.1) is 12.2 Å². The van der Waals surface area contributed by atoms with Crippen LogP contribution in [0.25, 0.3) is 0 Å². The first kappa shape index (κ1) is 14.0. The molecule has 1 aliphatic rings. The molecule has 0 aromatic carbocycles. The monoisotopic (exact) mass is 267 g/mol. The molecular weight excluding hydrogens is 242 g/mol. The number of nitrogens with one attached hydrogen (secondary N) is 1. The molecule has 4 heteroatoms. The third kappa shape index (κ3) is 4.67. The number of aromatic nitrogens is 1. The summed E-state index contributed by atoms with van der Waals surface area (Å²) < 4.78 is 0. The molecule has 2 rings (SSSR count). The zero-order valence-electron chi connectivity index (χ0n) is 11.6. The quantitative estimate of drug-likeness (QED) is 0.889. The number of nitrogens with zero attached hydrogens (tertiary/aromatic N) is 2. The number of hydrogen-bond donors (Lipinski definition) is 1. The number of hydrogen-bond acceptors (Lipinski definition) is 4. The topological polar surface area (TPSA) is 28.2 Å². The van der Waals surface area contributed by atoms with Gasteiger partial charge < -0.3 is 5.32 Å². The predicted molar refractivity (Wildman–Crippen MR) is 77.8 cm³/mol. The summed E-state index contributed by atoms with van der Waals surface area (Å²) in [4.78, 5) is 7.28. The van der Waals surface area contributed by atoms with Crippen molar-refractivity contribution in [2.45, 2.75) is 58.7 Å². The second kappa shape index (κ2) is 7.22. The number of rotatable bonds is 5. The van der Waals surface area contributed by atoms with E-state index in [9.17, 15) is 0 Å². The fourth-order valence-corrected chi connectivity index (χ4v) is 3.13. The molecule has 0 bridgehead atoms. The van der Waals surface area contributed by atoms with Crippen LogP contribution in [0.5, 0.6) is 0 Å². The van der Waals surface area contributed by atoms with Gasteiger partial charge in [-0.05, 0) is 25.9 Å². The molecule has 2 heterocycles. The van der Waals surface area contributed by atoms with E-state index in [1.165, 1.54) is 49.5 Å². The van der Waals surface area contributed by atoms with Gasteiger partial charge in [0.1, 0.15) is 5.01 Å². The van der Waals surface area contributed by atoms with Crippen LogP contribution in [0.2, 0.25) is 0 Å². The van der Waals surface area contributed by atoms with E-state index in [4.69, 9.17) is 4.98 Å². The van der Waals surface area contributed by atoms with Crippen LogP contribution in [-0.2, 0) is 13.1 Å². The van der Waals surface area contributed by atoms with Crippen molar-refractivity contribution in [2.24, 2.45) is 0 Å². The molecule has 18 heavy (non-hydrogen) atoms. The predicted octanol–water partition coefficient (Wildman–Crippen LogP) is 3.02. The Morgan fingerprint density at radius 3 is 2.67 bits per heavy atom. The molecule has 0 saturated carbocycles. The molecule has 0 unspecified atom stereocenters. The second-order valence-electron chi connectivity index (χ2n) is 5.46. The summed E-state index contributed by atoms with van der Waals surface area (Å²) in [6.07, 6.45) is 5.51. The molecule has 1 saturated heterocycles. The standard InChI is InChI=1S/C14H25N3S/c1-12(2)15-9-13-11-18-14(16-13)10-17-7-5-3-4-6-8-17/h11-12,15H,3-10H2,1-2H3. The Labute approximate surface area is 115 Å². The van der Waals surface area contributed by atoms with Crippen LogP contribution < -0.4 is 5.32 Å². The van der Waals surface area contributed by atoms with Crippen LogP contribution in [-0.4, -0.2) is 29.0 Å². The molecule has 1 N–H and O–H groups in total. The SMILES string of the molecule is CC(C)NCc1csc(CN2CCCCCC2)n1. The molecule has 1 fully saturated rings. The molecule has 1 aromatic rings. The zero-order chi connectivity index (χ0) is 12.8. The minimum absolute atomic E-state index is 0.528. The van der Waals surface area contributed by atoms with Crippen LogP contribution >= 0.6 is 11.3 Å². The summed E-state index contributed by atoms with van der Waals surface area (Å²) in [5, 5.41) is 6.89. The third-order valence-corrected chi connectivity index (χ3v) is 4.23. The summed E-state index contributed by atoms with van der Waals surface area (Å²) in [7, 11) is 0. The molecule has 3 nitrogen and oxygen atoms in total. The Balaban J connectivity index is 1.81. The highest BCUT2D eigenvalue weighted by atomic mass is 32.1. The fraction of sp³-hybridized carbons (Fsp3) is 0.786. The van der Waals surface area contributed by atoms with Crippen LogP contribution in [0.15, 0.2) is 5.38 Å². The summed E-state index contributed by atoms with van der Waals surface area (Å²) in [5.74, 6) is 0. The highest BCUT2D eigenvalue weighted by Gasteiger charge is 2.11. The van der Waals surface area contributed by atoms with E-state index in [2.05, 4.69) is 29.4 Å². The summed E-state index contributed by atoms with van der Waals surface area (Å²) in [5.41, 5.74) is 1.19. The lowest BCUT2D eigenvalue weighted by molar-refractivity contribution is 0.276. The largest absolute Gasteiger partial charge is 0.309 e. The lowest BCUT2D eigenvalue weighted by Crippen LogP contribution is -2.24. The van der Waals surface area contributed by atoms with E-state index in [1.54, 1.807) is 0 Å². The Morgan fingerprint density at radius 1 is 1.28 bits per heavy atom. The molecule has 102 valence electrons. The van der Waals surface area contributed by atoms with E-state index in [1.807, 2.05) is 11.3 Å². The molecule has 1 aliphatic heterocycles. The van der Waals surface area contributed by atoms with Gasteiger partial charge in [0.15, 0.2) is 0 Å². The van der Waals surface area contributed by atoms with Gasteiger partial charge in [0.25, 0.3) is 0 Å². The van der Waals surface area contributed by atoms with Crippen molar-refractivity contribution in [3.63, 3.8) is 0 Å². The Morgan fingerprint density at radius 2 is 2.00 bits per heavy atom. The van der Waals surface area contributed by atoms with Gasteiger partial charge in [-0.25, -0.2) is 4.98 Å². The van der Waals surface area contributed by atoms with Gasteiger partial charge in [-0.2, -0.15) is 0 Å². The minimum Gasteiger partial charge on any atom is -0.309 e. The first-order valence-electron chi connectivity index (χ1n) is 7.13. The first-order valence-corrected chi connectivity index (χ1v) is 8.01. The van der Waals surface area contributed by atoms with E-state index < -0.39 is 0 Å². The average molecular weight is 267 g/mol. The van der Waals surface area contributed by atoms with E-state index >= 15 is 0 Å². The maximum atomic E-state index is 4.72. The average Bonchev–Trinajstić information content (AvgIpc) is 2.62. The van der Waals surface area contributed by atoms with Crippen molar-refractivity contribution in [3.8, 4) is 0 Å². The van der Waals surface area contributed by atoms with Gasteiger partial charge >= 0.3 is 0 Å². The maximum Gasteiger partial charge on any atom is 0.107 e. The van der Waals surface area contributed by atoms with E-state index in [0.29, 0.717) is 6.04 Å². The lowest BCUT2D eigenvalue weighted by atomic mass is 10.2. The Hall–Kier alpha value is -0.450. The number of thiazole rings is 1. The van der Waals surface area contributed by atoms with E-state index in [-0.39, 0.29) is 0 Å². The van der Waals surface area contributed by atoms with Crippen molar-refractivity contribution >= 4 is 11.3 Å². The first-order chi connectivity index (χ1) is 8.74. The molecule has 0 spiro atoms. The normalized spacial score (nSPS) is 18.2. The summed E-state index contributed by atoms with van der Waals surface area (Å²) >= 11 is 1.81. The van der Waals surface area contributed by atoms with Crippen LogP contribution in [0.4, 0.5) is 0 Å². The van der Waals surface area contributed by atoms with Crippen LogP contribution in [0, 0.1) is 0 Å². The van der Waals surface area contributed by atoms with Gasteiger partial charge in [0, 0.05) is 18.0 Å². The molecule has 0 radical (unpaired) electrons. The van der Waals surface area contributed by atoms with E-state index in [0.717, 1.165) is 13.1 Å². The zero-order valence-corrected chi connectivity index (χ0v) is 12.4. The van der Waals surface area contributed by atoms with Gasteiger partial charge in [-0.1, -0.05) is 26.7 Å². The molecule has 1 aromatic heterocycles. The summed E-state index contributed by atoms with van der Waals surface area (Å²) in [6.45, 7) is 8.79. The third-order valence-electron chi connectivity index (χ3n) is 3.35.